The van der Waals surface area contributed by atoms with Crippen LogP contribution in [-0.2, 0) is 0 Å². The van der Waals surface area contributed by atoms with Crippen LogP contribution >= 0.6 is 0 Å². The van der Waals surface area contributed by atoms with Crippen LogP contribution in [0.25, 0.3) is 111 Å². The van der Waals surface area contributed by atoms with E-state index in [1.807, 2.05) is 54.6 Å². The predicted octanol–water partition coefficient (Wildman–Crippen LogP) is 13.6. The molecule has 4 nitrogen and oxygen atoms in total. The molecule has 256 valence electrons. The Kier molecular flexibility index (Phi) is 7.14. The van der Waals surface area contributed by atoms with Crippen LogP contribution in [0.3, 0.4) is 0 Å². The Morgan fingerprint density at radius 2 is 0.818 bits per heavy atom. The third kappa shape index (κ3) is 5.34. The molecule has 9 aromatic carbocycles. The molecule has 0 aliphatic heterocycles. The second kappa shape index (κ2) is 12.6. The third-order valence-electron chi connectivity index (χ3n) is 10.7. The molecule has 0 saturated heterocycles. The monoisotopic (exact) mass is 701 g/mol. The van der Waals surface area contributed by atoms with Crippen molar-refractivity contribution in [3.8, 4) is 56.4 Å². The van der Waals surface area contributed by atoms with E-state index >= 15 is 0 Å². The minimum atomic E-state index is 0.592. The maximum Gasteiger partial charge on any atom is 0.164 e. The van der Waals surface area contributed by atoms with Gasteiger partial charge in [0.05, 0.1) is 0 Å². The molecule has 0 amide bonds. The van der Waals surface area contributed by atoms with E-state index < -0.39 is 0 Å². The Morgan fingerprint density at radius 1 is 0.273 bits per heavy atom. The summed E-state index contributed by atoms with van der Waals surface area (Å²) in [6.45, 7) is 0. The van der Waals surface area contributed by atoms with Gasteiger partial charge in [-0.1, -0.05) is 152 Å². The van der Waals surface area contributed by atoms with E-state index in [0.717, 1.165) is 49.8 Å². The molecule has 0 fully saturated rings. The summed E-state index contributed by atoms with van der Waals surface area (Å²) in [6, 6.07) is 66.0. The van der Waals surface area contributed by atoms with Gasteiger partial charge in [0.2, 0.25) is 0 Å². The number of benzene rings is 9. The van der Waals surface area contributed by atoms with E-state index in [-0.39, 0.29) is 0 Å². The van der Waals surface area contributed by atoms with Crippen LogP contribution in [0.1, 0.15) is 0 Å². The van der Waals surface area contributed by atoms with E-state index in [1.54, 1.807) is 0 Å². The Labute approximate surface area is 317 Å². The van der Waals surface area contributed by atoms with Crippen molar-refractivity contribution in [1.82, 2.24) is 15.0 Å². The maximum atomic E-state index is 6.25. The van der Waals surface area contributed by atoms with E-state index in [1.165, 1.54) is 43.4 Å². The SMILES string of the molecule is c1ccc(-c2nc(-c3cccc(-c4cccc(-c5c6ccccc6cc6c5ccc5ccccc56)c4)c3)nc(-c3ccc4c(c3)oc3ccccc34)n2)cc1. The molecule has 0 aliphatic carbocycles. The largest absolute Gasteiger partial charge is 0.456 e. The minimum absolute atomic E-state index is 0.592. The average Bonchev–Trinajstić information content (AvgIpc) is 3.64. The van der Waals surface area contributed by atoms with E-state index in [9.17, 15) is 0 Å². The number of furan rings is 1. The minimum Gasteiger partial charge on any atom is -0.456 e. The number of nitrogens with zero attached hydrogens (tertiary/aromatic N) is 3. The molecule has 2 heterocycles. The van der Waals surface area contributed by atoms with Gasteiger partial charge in [0.25, 0.3) is 0 Å². The van der Waals surface area contributed by atoms with Crippen molar-refractivity contribution in [3.05, 3.63) is 188 Å². The normalized spacial score (nSPS) is 11.6. The van der Waals surface area contributed by atoms with Crippen LogP contribution < -0.4 is 0 Å². The molecule has 0 spiro atoms. The van der Waals surface area contributed by atoms with Crippen molar-refractivity contribution >= 4 is 54.3 Å². The molecule has 4 heteroatoms. The van der Waals surface area contributed by atoms with Crippen molar-refractivity contribution in [2.75, 3.05) is 0 Å². The van der Waals surface area contributed by atoms with Gasteiger partial charge in [-0.25, -0.2) is 15.0 Å². The molecule has 0 bridgehead atoms. The zero-order valence-corrected chi connectivity index (χ0v) is 29.6. The molecular formula is C51H31N3O. The Bertz CT molecular complexity index is 3270. The van der Waals surface area contributed by atoms with Crippen molar-refractivity contribution in [2.45, 2.75) is 0 Å². The number of fused-ring (bicyclic) bond motifs is 7. The zero-order valence-electron chi connectivity index (χ0n) is 29.6. The lowest BCUT2D eigenvalue weighted by atomic mass is 9.89. The van der Waals surface area contributed by atoms with Gasteiger partial charge in [0.1, 0.15) is 11.2 Å². The molecule has 0 aliphatic rings. The summed E-state index contributed by atoms with van der Waals surface area (Å²) < 4.78 is 6.25. The Balaban J connectivity index is 1.05. The van der Waals surface area contributed by atoms with Crippen LogP contribution in [0.2, 0.25) is 0 Å². The highest BCUT2D eigenvalue weighted by Gasteiger charge is 2.17. The van der Waals surface area contributed by atoms with Crippen LogP contribution in [0, 0.1) is 0 Å². The van der Waals surface area contributed by atoms with Gasteiger partial charge >= 0.3 is 0 Å². The summed E-state index contributed by atoms with van der Waals surface area (Å²) in [4.78, 5) is 15.1. The van der Waals surface area contributed by atoms with Crippen LogP contribution in [0.4, 0.5) is 0 Å². The van der Waals surface area contributed by atoms with Crippen molar-refractivity contribution in [1.29, 1.82) is 0 Å². The molecule has 11 aromatic rings. The van der Waals surface area contributed by atoms with Gasteiger partial charge in [-0.2, -0.15) is 0 Å². The van der Waals surface area contributed by atoms with Gasteiger partial charge < -0.3 is 4.42 Å². The predicted molar refractivity (Wildman–Crippen MR) is 227 cm³/mol. The standard InChI is InChI=1S/C51H31N3O/c1-2-13-33(14-3-1)49-52-50(54-51(53-49)39-25-26-43-42-22-8-9-23-46(42)55-47(43)31-39)38-19-11-17-35(29-38)34-16-10-18-37(28-34)48-41-21-7-5-15-36(41)30-45-40-20-6-4-12-32(40)24-27-44(45)48/h1-31H. The average molecular weight is 702 g/mol. The van der Waals surface area contributed by atoms with Crippen LogP contribution in [-0.4, -0.2) is 15.0 Å². The molecule has 0 radical (unpaired) electrons. The molecule has 2 aromatic heterocycles. The van der Waals surface area contributed by atoms with Crippen LogP contribution in [0.5, 0.6) is 0 Å². The lowest BCUT2D eigenvalue weighted by molar-refractivity contribution is 0.669. The molecule has 55 heavy (non-hydrogen) atoms. The zero-order chi connectivity index (χ0) is 36.3. The lowest BCUT2D eigenvalue weighted by Crippen LogP contribution is -2.00. The summed E-state index contributed by atoms with van der Waals surface area (Å²) in [5, 5.41) is 9.64. The number of hydrogen-bond donors (Lipinski definition) is 0. The third-order valence-corrected chi connectivity index (χ3v) is 10.7. The molecule has 0 saturated carbocycles. The molecule has 0 N–H and O–H groups in total. The quantitative estimate of drug-likeness (QED) is 0.132. The topological polar surface area (TPSA) is 51.8 Å². The van der Waals surface area contributed by atoms with Gasteiger partial charge in [-0.15, -0.1) is 0 Å². The first-order valence-electron chi connectivity index (χ1n) is 18.5. The lowest BCUT2D eigenvalue weighted by Gasteiger charge is -2.15. The summed E-state index contributed by atoms with van der Waals surface area (Å²) in [5.41, 5.74) is 8.99. The maximum absolute atomic E-state index is 6.25. The fraction of sp³-hybridized carbons (Fsp3) is 0. The number of para-hydroxylation sites is 1. The summed E-state index contributed by atoms with van der Waals surface area (Å²) in [7, 11) is 0. The number of aromatic nitrogens is 3. The fourth-order valence-electron chi connectivity index (χ4n) is 8.04. The van der Waals surface area contributed by atoms with Gasteiger partial charge in [0, 0.05) is 27.5 Å². The van der Waals surface area contributed by atoms with Crippen molar-refractivity contribution in [2.24, 2.45) is 0 Å². The highest BCUT2D eigenvalue weighted by Crippen LogP contribution is 2.41. The highest BCUT2D eigenvalue weighted by molar-refractivity contribution is 6.20. The van der Waals surface area contributed by atoms with Gasteiger partial charge in [-0.3, -0.25) is 0 Å². The second-order valence-corrected chi connectivity index (χ2v) is 14.0. The summed E-state index contributed by atoms with van der Waals surface area (Å²) in [6.07, 6.45) is 0. The molecule has 0 atom stereocenters. The number of hydrogen-bond acceptors (Lipinski definition) is 4. The Hall–Kier alpha value is -7.43. The Morgan fingerprint density at radius 3 is 1.62 bits per heavy atom. The molecule has 11 rings (SSSR count). The summed E-state index contributed by atoms with van der Waals surface area (Å²) >= 11 is 0. The van der Waals surface area contributed by atoms with Crippen molar-refractivity contribution < 1.29 is 4.42 Å². The van der Waals surface area contributed by atoms with Gasteiger partial charge in [-0.05, 0) is 91.0 Å². The first kappa shape index (κ1) is 31.1. The highest BCUT2D eigenvalue weighted by atomic mass is 16.3. The second-order valence-electron chi connectivity index (χ2n) is 14.0. The number of rotatable bonds is 5. The van der Waals surface area contributed by atoms with Gasteiger partial charge in [0.15, 0.2) is 17.5 Å². The summed E-state index contributed by atoms with van der Waals surface area (Å²) in [5.74, 6) is 1.82. The van der Waals surface area contributed by atoms with Crippen molar-refractivity contribution in [3.63, 3.8) is 0 Å². The van der Waals surface area contributed by atoms with E-state index in [0.29, 0.717) is 17.5 Å². The first-order valence-corrected chi connectivity index (χ1v) is 18.5. The molecule has 0 unspecified atom stereocenters. The van der Waals surface area contributed by atoms with E-state index in [4.69, 9.17) is 19.4 Å². The van der Waals surface area contributed by atoms with Crippen LogP contribution in [0.15, 0.2) is 192 Å². The molecular weight excluding hydrogens is 671 g/mol. The fourth-order valence-corrected chi connectivity index (χ4v) is 8.04. The first-order chi connectivity index (χ1) is 27.2. The van der Waals surface area contributed by atoms with E-state index in [2.05, 4.69) is 133 Å². The smallest absolute Gasteiger partial charge is 0.164 e.